The van der Waals surface area contributed by atoms with Crippen molar-refractivity contribution in [3.05, 3.63) is 29.8 Å². The molecule has 2 atom stereocenters. The Balaban J connectivity index is 1.99. The van der Waals surface area contributed by atoms with Crippen molar-refractivity contribution in [1.82, 2.24) is 4.90 Å². The van der Waals surface area contributed by atoms with Gasteiger partial charge in [0.2, 0.25) is 0 Å². The van der Waals surface area contributed by atoms with Crippen LogP contribution in [-0.2, 0) is 4.74 Å². The summed E-state index contributed by atoms with van der Waals surface area (Å²) in [5.41, 5.74) is 1.79. The van der Waals surface area contributed by atoms with Gasteiger partial charge in [-0.05, 0) is 57.4 Å². The van der Waals surface area contributed by atoms with Crippen molar-refractivity contribution in [2.45, 2.75) is 45.2 Å². The number of ether oxygens (including phenoxy) is 1. The van der Waals surface area contributed by atoms with Crippen molar-refractivity contribution in [2.24, 2.45) is 0 Å². The molecule has 1 amide bonds. The molecule has 4 heteroatoms. The number of amides is 1. The number of hydrogen-bond acceptors (Lipinski definition) is 3. The topological polar surface area (TPSA) is 41.6 Å². The highest BCUT2D eigenvalue weighted by Gasteiger charge is 2.23. The van der Waals surface area contributed by atoms with Gasteiger partial charge in [0.1, 0.15) is 0 Å². The Kier molecular flexibility index (Phi) is 5.62. The molecule has 0 unspecified atom stereocenters. The normalized spacial score (nSPS) is 20.1. The number of benzene rings is 1. The van der Waals surface area contributed by atoms with Crippen molar-refractivity contribution < 1.29 is 9.53 Å². The lowest BCUT2D eigenvalue weighted by molar-refractivity contribution is 0.0635. The molecule has 2 rings (SSSR count). The van der Waals surface area contributed by atoms with Gasteiger partial charge in [-0.15, -0.1) is 0 Å². The lowest BCUT2D eigenvalue weighted by Crippen LogP contribution is -2.42. The van der Waals surface area contributed by atoms with Gasteiger partial charge in [-0.25, -0.2) is 0 Å². The number of nitrogens with zero attached hydrogens (tertiary/aromatic N) is 1. The third-order valence-electron chi connectivity index (χ3n) is 4.03. The first kappa shape index (κ1) is 15.8. The summed E-state index contributed by atoms with van der Waals surface area (Å²) in [6.45, 7) is 5.74. The molecule has 116 valence electrons. The Morgan fingerprint density at radius 3 is 2.71 bits per heavy atom. The van der Waals surface area contributed by atoms with E-state index in [0.29, 0.717) is 12.6 Å². The van der Waals surface area contributed by atoms with Crippen molar-refractivity contribution in [1.29, 1.82) is 0 Å². The maximum Gasteiger partial charge on any atom is 0.254 e. The van der Waals surface area contributed by atoms with E-state index in [1.165, 1.54) is 6.42 Å². The van der Waals surface area contributed by atoms with Crippen molar-refractivity contribution >= 4 is 11.6 Å². The molecule has 0 radical (unpaired) electrons. The van der Waals surface area contributed by atoms with Gasteiger partial charge in [0.25, 0.3) is 5.91 Å². The van der Waals surface area contributed by atoms with Crippen LogP contribution in [-0.4, -0.2) is 43.2 Å². The van der Waals surface area contributed by atoms with Crippen molar-refractivity contribution in [3.63, 3.8) is 0 Å². The van der Waals surface area contributed by atoms with E-state index in [-0.39, 0.29) is 11.9 Å². The zero-order valence-electron chi connectivity index (χ0n) is 13.3. The summed E-state index contributed by atoms with van der Waals surface area (Å²) in [5, 5.41) is 3.35. The highest BCUT2D eigenvalue weighted by Crippen LogP contribution is 2.20. The number of carbonyl (C=O) groups is 1. The number of hydrogen-bond donors (Lipinski definition) is 1. The summed E-state index contributed by atoms with van der Waals surface area (Å²) in [4.78, 5) is 14.5. The van der Waals surface area contributed by atoms with Crippen LogP contribution in [0.15, 0.2) is 24.3 Å². The number of carbonyl (C=O) groups excluding carboxylic acids is 1. The van der Waals surface area contributed by atoms with Crippen LogP contribution < -0.4 is 5.32 Å². The minimum atomic E-state index is 0.152. The summed E-state index contributed by atoms with van der Waals surface area (Å²) in [5.74, 6) is 0.152. The molecule has 0 aliphatic carbocycles. The summed E-state index contributed by atoms with van der Waals surface area (Å²) < 4.78 is 5.11. The number of rotatable bonds is 5. The predicted octanol–water partition coefficient (Wildman–Crippen LogP) is 3.15. The van der Waals surface area contributed by atoms with Crippen LogP contribution in [0.2, 0.25) is 0 Å². The molecule has 21 heavy (non-hydrogen) atoms. The van der Waals surface area contributed by atoms with Gasteiger partial charge < -0.3 is 15.0 Å². The molecule has 0 bridgehead atoms. The largest absolute Gasteiger partial charge is 0.383 e. The van der Waals surface area contributed by atoms with Gasteiger partial charge in [-0.3, -0.25) is 4.79 Å². The smallest absolute Gasteiger partial charge is 0.254 e. The monoisotopic (exact) mass is 290 g/mol. The first-order valence-corrected chi connectivity index (χ1v) is 7.78. The van der Waals surface area contributed by atoms with E-state index in [9.17, 15) is 4.79 Å². The molecule has 1 aromatic carbocycles. The molecule has 0 spiro atoms. The van der Waals surface area contributed by atoms with Crippen LogP contribution in [0, 0.1) is 0 Å². The molecule has 1 fully saturated rings. The maximum atomic E-state index is 12.5. The Bertz CT molecular complexity index is 458. The van der Waals surface area contributed by atoms with Crippen LogP contribution >= 0.6 is 0 Å². The summed E-state index contributed by atoms with van der Waals surface area (Å²) in [6.07, 6.45) is 3.45. The third kappa shape index (κ3) is 4.21. The Labute approximate surface area is 127 Å². The van der Waals surface area contributed by atoms with E-state index in [2.05, 4.69) is 19.2 Å². The molecule has 1 aliphatic rings. The zero-order chi connectivity index (χ0) is 15.2. The summed E-state index contributed by atoms with van der Waals surface area (Å²) in [6, 6.07) is 8.35. The lowest BCUT2D eigenvalue weighted by atomic mass is 10.0. The highest BCUT2D eigenvalue weighted by atomic mass is 16.5. The van der Waals surface area contributed by atoms with E-state index in [1.54, 1.807) is 7.11 Å². The fourth-order valence-corrected chi connectivity index (χ4v) is 2.85. The van der Waals surface area contributed by atoms with E-state index in [1.807, 2.05) is 29.2 Å². The van der Waals surface area contributed by atoms with Crippen LogP contribution in [0.3, 0.4) is 0 Å². The average Bonchev–Trinajstić information content (AvgIpc) is 2.48. The number of nitrogens with one attached hydrogen (secondary N) is 1. The second-order valence-corrected chi connectivity index (χ2v) is 5.92. The van der Waals surface area contributed by atoms with E-state index < -0.39 is 0 Å². The first-order chi connectivity index (χ1) is 10.1. The fraction of sp³-hybridized carbons (Fsp3) is 0.588. The minimum Gasteiger partial charge on any atom is -0.383 e. The quantitative estimate of drug-likeness (QED) is 0.905. The highest BCUT2D eigenvalue weighted by molar-refractivity contribution is 5.94. The zero-order valence-corrected chi connectivity index (χ0v) is 13.3. The van der Waals surface area contributed by atoms with Gasteiger partial charge >= 0.3 is 0 Å². The molecule has 0 saturated carbocycles. The predicted molar refractivity (Wildman–Crippen MR) is 85.8 cm³/mol. The first-order valence-electron chi connectivity index (χ1n) is 7.78. The Morgan fingerprint density at radius 2 is 2.10 bits per heavy atom. The average molecular weight is 290 g/mol. The molecule has 1 aromatic rings. The van der Waals surface area contributed by atoms with E-state index in [4.69, 9.17) is 4.74 Å². The van der Waals surface area contributed by atoms with Crippen LogP contribution in [0.4, 0.5) is 5.69 Å². The molecule has 1 heterocycles. The molecular formula is C17H26N2O2. The molecule has 1 saturated heterocycles. The summed E-state index contributed by atoms with van der Waals surface area (Å²) >= 11 is 0. The number of anilines is 1. The standard InChI is InChI=1S/C17H26N2O2/c1-13(12-21-3)18-16-9-7-15(8-10-16)17(20)19-11-5-4-6-14(19)2/h7-10,13-14,18H,4-6,11-12H2,1-3H3/t13-,14-/m1/s1. The van der Waals surface area contributed by atoms with Gasteiger partial charge in [0, 0.05) is 37.0 Å². The van der Waals surface area contributed by atoms with E-state index >= 15 is 0 Å². The number of likely N-dealkylation sites (tertiary alicyclic amines) is 1. The molecule has 4 nitrogen and oxygen atoms in total. The molecule has 1 aliphatic heterocycles. The third-order valence-corrected chi connectivity index (χ3v) is 4.03. The summed E-state index contributed by atoms with van der Waals surface area (Å²) in [7, 11) is 1.69. The van der Waals surface area contributed by atoms with Crippen LogP contribution in [0.25, 0.3) is 0 Å². The maximum absolute atomic E-state index is 12.5. The minimum absolute atomic E-state index is 0.152. The van der Waals surface area contributed by atoms with E-state index in [0.717, 1.165) is 30.6 Å². The van der Waals surface area contributed by atoms with Crippen LogP contribution in [0.1, 0.15) is 43.5 Å². The lowest BCUT2D eigenvalue weighted by Gasteiger charge is -2.33. The van der Waals surface area contributed by atoms with Gasteiger partial charge in [0.05, 0.1) is 6.61 Å². The second-order valence-electron chi connectivity index (χ2n) is 5.92. The molecule has 1 N–H and O–H groups in total. The molecular weight excluding hydrogens is 264 g/mol. The number of methoxy groups -OCH3 is 1. The van der Waals surface area contributed by atoms with Gasteiger partial charge in [-0.1, -0.05) is 0 Å². The van der Waals surface area contributed by atoms with Crippen molar-refractivity contribution in [3.8, 4) is 0 Å². The number of piperidine rings is 1. The van der Waals surface area contributed by atoms with Gasteiger partial charge in [0.15, 0.2) is 0 Å². The Hall–Kier alpha value is -1.55. The van der Waals surface area contributed by atoms with Gasteiger partial charge in [-0.2, -0.15) is 0 Å². The molecule has 0 aromatic heterocycles. The second kappa shape index (κ2) is 7.46. The van der Waals surface area contributed by atoms with Crippen LogP contribution in [0.5, 0.6) is 0 Å². The fourth-order valence-electron chi connectivity index (χ4n) is 2.85. The SMILES string of the molecule is COC[C@@H](C)Nc1ccc(C(=O)N2CCCC[C@H]2C)cc1. The Morgan fingerprint density at radius 1 is 1.38 bits per heavy atom. The van der Waals surface area contributed by atoms with Crippen molar-refractivity contribution in [2.75, 3.05) is 25.6 Å².